The van der Waals surface area contributed by atoms with E-state index >= 15 is 0 Å². The first kappa shape index (κ1) is 12.0. The molecule has 0 amide bonds. The molecule has 2 saturated carbocycles. The summed E-state index contributed by atoms with van der Waals surface area (Å²) in [5.41, 5.74) is -0.101. The molecule has 17 heavy (non-hydrogen) atoms. The van der Waals surface area contributed by atoms with E-state index < -0.39 is 0 Å². The van der Waals surface area contributed by atoms with Crippen LogP contribution in [0, 0.1) is 17.3 Å². The van der Waals surface area contributed by atoms with Gasteiger partial charge in [-0.2, -0.15) is 0 Å². The largest absolute Gasteiger partial charge is 0.390 e. The summed E-state index contributed by atoms with van der Waals surface area (Å²) in [5.74, 6) is 1.02. The lowest BCUT2D eigenvalue weighted by Gasteiger charge is -2.56. The minimum atomic E-state index is -0.272. The molecule has 0 aromatic heterocycles. The summed E-state index contributed by atoms with van der Waals surface area (Å²) < 4.78 is 6.50. The molecular formula is C15H26O2. The Balaban J connectivity index is 2.05. The van der Waals surface area contributed by atoms with E-state index in [2.05, 4.69) is 27.7 Å². The van der Waals surface area contributed by atoms with Gasteiger partial charge in [-0.25, -0.2) is 0 Å². The molecule has 2 nitrogen and oxygen atoms in total. The quantitative estimate of drug-likeness (QED) is 0.702. The highest BCUT2D eigenvalue weighted by atomic mass is 16.5. The fourth-order valence-electron chi connectivity index (χ4n) is 4.77. The predicted molar refractivity (Wildman–Crippen MR) is 67.7 cm³/mol. The van der Waals surface area contributed by atoms with Gasteiger partial charge in [-0.1, -0.05) is 13.8 Å². The molecule has 2 aliphatic carbocycles. The van der Waals surface area contributed by atoms with Crippen LogP contribution in [-0.4, -0.2) is 22.4 Å². The zero-order valence-electron chi connectivity index (χ0n) is 11.6. The minimum absolute atomic E-state index is 0.0458. The van der Waals surface area contributed by atoms with Crippen LogP contribution < -0.4 is 0 Å². The fourth-order valence-corrected chi connectivity index (χ4v) is 4.77. The van der Waals surface area contributed by atoms with Gasteiger partial charge in [-0.05, 0) is 63.2 Å². The predicted octanol–water partition coefficient (Wildman–Crippen LogP) is 3.13. The highest BCUT2D eigenvalue weighted by Gasteiger charge is 2.67. The molecule has 1 heterocycles. The Kier molecular flexibility index (Phi) is 2.30. The molecule has 2 bridgehead atoms. The molecule has 1 spiro atoms. The van der Waals surface area contributed by atoms with Crippen LogP contribution in [0.4, 0.5) is 0 Å². The molecule has 0 aromatic rings. The Morgan fingerprint density at radius 3 is 2.47 bits per heavy atom. The van der Waals surface area contributed by atoms with Gasteiger partial charge in [0, 0.05) is 0 Å². The highest BCUT2D eigenvalue weighted by Crippen LogP contribution is 2.64. The average Bonchev–Trinajstić information content (AvgIpc) is 2.49. The van der Waals surface area contributed by atoms with Crippen LogP contribution in [0.5, 0.6) is 0 Å². The van der Waals surface area contributed by atoms with Crippen molar-refractivity contribution in [2.45, 2.75) is 77.1 Å². The first-order valence-corrected chi connectivity index (χ1v) is 7.19. The Morgan fingerprint density at radius 1 is 1.12 bits per heavy atom. The van der Waals surface area contributed by atoms with Gasteiger partial charge in [-0.15, -0.1) is 0 Å². The van der Waals surface area contributed by atoms with Crippen molar-refractivity contribution in [1.29, 1.82) is 0 Å². The van der Waals surface area contributed by atoms with Gasteiger partial charge in [0.05, 0.1) is 11.7 Å². The Labute approximate surface area is 105 Å². The normalized spacial score (nSPS) is 56.6. The second kappa shape index (κ2) is 3.27. The lowest BCUT2D eigenvalue weighted by Crippen LogP contribution is -2.61. The van der Waals surface area contributed by atoms with Gasteiger partial charge in [0.2, 0.25) is 0 Å². The molecule has 0 aromatic carbocycles. The number of fused-ring (bicyclic) bond motifs is 1. The maximum Gasteiger partial charge on any atom is 0.101 e. The summed E-state index contributed by atoms with van der Waals surface area (Å²) in [7, 11) is 0. The van der Waals surface area contributed by atoms with Gasteiger partial charge in [0.15, 0.2) is 0 Å². The number of rotatable bonds is 0. The summed E-state index contributed by atoms with van der Waals surface area (Å²) in [4.78, 5) is 0. The third-order valence-electron chi connectivity index (χ3n) is 6.21. The van der Waals surface area contributed by atoms with Crippen LogP contribution in [0.3, 0.4) is 0 Å². The molecular weight excluding hydrogens is 212 g/mol. The summed E-state index contributed by atoms with van der Waals surface area (Å²) >= 11 is 0. The lowest BCUT2D eigenvalue weighted by molar-refractivity contribution is -0.231. The third-order valence-corrected chi connectivity index (χ3v) is 6.21. The molecule has 98 valence electrons. The van der Waals surface area contributed by atoms with Gasteiger partial charge < -0.3 is 9.84 Å². The number of ether oxygens (including phenoxy) is 1. The summed E-state index contributed by atoms with van der Waals surface area (Å²) in [6.45, 7) is 8.95. The Hall–Kier alpha value is -0.0800. The van der Waals surface area contributed by atoms with E-state index in [0.29, 0.717) is 11.8 Å². The smallest absolute Gasteiger partial charge is 0.101 e. The van der Waals surface area contributed by atoms with E-state index in [9.17, 15) is 5.11 Å². The van der Waals surface area contributed by atoms with Crippen molar-refractivity contribution < 1.29 is 9.84 Å². The third kappa shape index (κ3) is 1.34. The molecule has 1 aliphatic heterocycles. The van der Waals surface area contributed by atoms with Crippen LogP contribution in [0.15, 0.2) is 0 Å². The zero-order chi connectivity index (χ0) is 12.5. The summed E-state index contributed by atoms with van der Waals surface area (Å²) in [6.07, 6.45) is 5.66. The first-order valence-electron chi connectivity index (χ1n) is 7.19. The van der Waals surface area contributed by atoms with Crippen molar-refractivity contribution in [3.8, 4) is 0 Å². The number of hydrogen-bond donors (Lipinski definition) is 1. The molecule has 1 N–H and O–H groups in total. The SMILES string of the molecule is CC1CCC2(C)CCC3CC2(OC3(C)C)C1O. The van der Waals surface area contributed by atoms with Crippen LogP contribution in [0.2, 0.25) is 0 Å². The van der Waals surface area contributed by atoms with E-state index in [1.54, 1.807) is 0 Å². The zero-order valence-corrected chi connectivity index (χ0v) is 11.6. The minimum Gasteiger partial charge on any atom is -0.390 e. The second-order valence-corrected chi connectivity index (χ2v) is 7.56. The van der Waals surface area contributed by atoms with Crippen LogP contribution >= 0.6 is 0 Å². The number of hydrogen-bond acceptors (Lipinski definition) is 2. The number of aliphatic hydroxyl groups is 1. The van der Waals surface area contributed by atoms with E-state index in [0.717, 1.165) is 12.8 Å². The van der Waals surface area contributed by atoms with Gasteiger partial charge >= 0.3 is 0 Å². The summed E-state index contributed by atoms with van der Waals surface area (Å²) in [5, 5.41) is 10.7. The topological polar surface area (TPSA) is 29.5 Å². The van der Waals surface area contributed by atoms with E-state index in [1.807, 2.05) is 0 Å². The maximum absolute atomic E-state index is 10.7. The number of aliphatic hydroxyl groups excluding tert-OH is 1. The Bertz CT molecular complexity index is 338. The van der Waals surface area contributed by atoms with E-state index in [1.165, 1.54) is 19.3 Å². The van der Waals surface area contributed by atoms with Crippen molar-refractivity contribution in [2.24, 2.45) is 17.3 Å². The molecule has 3 aliphatic rings. The molecule has 0 radical (unpaired) electrons. The average molecular weight is 238 g/mol. The van der Waals surface area contributed by atoms with Crippen LogP contribution in [0.25, 0.3) is 0 Å². The van der Waals surface area contributed by atoms with Gasteiger partial charge in [0.25, 0.3) is 0 Å². The second-order valence-electron chi connectivity index (χ2n) is 7.56. The maximum atomic E-state index is 10.7. The summed E-state index contributed by atoms with van der Waals surface area (Å²) in [6, 6.07) is 0. The van der Waals surface area contributed by atoms with Gasteiger partial charge in [0.1, 0.15) is 5.60 Å². The van der Waals surface area contributed by atoms with Crippen molar-refractivity contribution in [3.05, 3.63) is 0 Å². The van der Waals surface area contributed by atoms with Gasteiger partial charge in [-0.3, -0.25) is 0 Å². The standard InChI is InChI=1S/C15H26O2/c1-10-5-7-14(4)8-6-11-9-15(14,12(10)16)17-13(11,2)3/h10-12,16H,5-9H2,1-4H3. The molecule has 1 saturated heterocycles. The molecule has 5 unspecified atom stereocenters. The molecule has 3 fully saturated rings. The lowest BCUT2D eigenvalue weighted by atomic mass is 9.53. The van der Waals surface area contributed by atoms with Crippen molar-refractivity contribution in [3.63, 3.8) is 0 Å². The highest BCUT2D eigenvalue weighted by molar-refractivity contribution is 5.16. The molecule has 2 heteroatoms. The van der Waals surface area contributed by atoms with Crippen molar-refractivity contribution in [2.75, 3.05) is 0 Å². The monoisotopic (exact) mass is 238 g/mol. The first-order chi connectivity index (χ1) is 7.81. The van der Waals surface area contributed by atoms with E-state index in [-0.39, 0.29) is 22.7 Å². The van der Waals surface area contributed by atoms with Crippen molar-refractivity contribution in [1.82, 2.24) is 0 Å². The molecule has 5 atom stereocenters. The van der Waals surface area contributed by atoms with Crippen molar-refractivity contribution >= 4 is 0 Å². The fraction of sp³-hybridized carbons (Fsp3) is 1.00. The van der Waals surface area contributed by atoms with Crippen LogP contribution in [-0.2, 0) is 4.74 Å². The molecule has 3 rings (SSSR count). The van der Waals surface area contributed by atoms with Crippen LogP contribution in [0.1, 0.15) is 59.8 Å². The van der Waals surface area contributed by atoms with E-state index in [4.69, 9.17) is 4.74 Å². The Morgan fingerprint density at radius 2 is 1.76 bits per heavy atom.